The third-order valence-electron chi connectivity index (χ3n) is 6.79. The summed E-state index contributed by atoms with van der Waals surface area (Å²) in [6.45, 7) is 7.10. The number of pyridine rings is 1. The molecule has 2 amide bonds. The number of carbonyl (C=O) groups excluding carboxylic acids is 2. The fourth-order valence-corrected chi connectivity index (χ4v) is 4.57. The van der Waals surface area contributed by atoms with Crippen LogP contribution >= 0.6 is 0 Å². The lowest BCUT2D eigenvalue weighted by Gasteiger charge is -2.36. The van der Waals surface area contributed by atoms with Gasteiger partial charge >= 0.3 is 0 Å². The van der Waals surface area contributed by atoms with Crippen LogP contribution in [0.1, 0.15) is 17.5 Å². The van der Waals surface area contributed by atoms with Crippen LogP contribution in [0.5, 0.6) is 0 Å². The van der Waals surface area contributed by atoms with Crippen LogP contribution in [0.4, 0.5) is 23.0 Å². The number of aromatic nitrogens is 3. The van der Waals surface area contributed by atoms with Crippen molar-refractivity contribution in [2.75, 3.05) is 47.8 Å². The topological polar surface area (TPSA) is 94.6 Å². The number of hydrogen-bond donors (Lipinski definition) is 1. The van der Waals surface area contributed by atoms with Crippen LogP contribution in [0.15, 0.2) is 54.9 Å². The average Bonchev–Trinajstić information content (AvgIpc) is 3.28. The minimum Gasteiger partial charge on any atom is -0.352 e. The van der Waals surface area contributed by atoms with Crippen LogP contribution in [-0.2, 0) is 9.59 Å². The Kier molecular flexibility index (Phi) is 6.31. The molecule has 0 bridgehead atoms. The zero-order chi connectivity index (χ0) is 24.4. The summed E-state index contributed by atoms with van der Waals surface area (Å²) in [6.07, 6.45) is 3.70. The van der Waals surface area contributed by atoms with Gasteiger partial charge in [0, 0.05) is 62.9 Å². The van der Waals surface area contributed by atoms with E-state index in [-0.39, 0.29) is 24.2 Å². The molecule has 2 aromatic heterocycles. The maximum atomic E-state index is 13.2. The minimum atomic E-state index is -0.297. The molecule has 1 aromatic carbocycles. The zero-order valence-electron chi connectivity index (χ0n) is 20.0. The highest BCUT2D eigenvalue weighted by atomic mass is 16.2. The molecule has 5 rings (SSSR count). The number of nitrogens with zero attached hydrogens (tertiary/aromatic N) is 6. The smallest absolute Gasteiger partial charge is 0.228 e. The lowest BCUT2D eigenvalue weighted by Crippen LogP contribution is -2.51. The summed E-state index contributed by atoms with van der Waals surface area (Å²) in [7, 11) is 0. The molecular weight excluding hydrogens is 442 g/mol. The van der Waals surface area contributed by atoms with E-state index in [4.69, 9.17) is 0 Å². The predicted octanol–water partition coefficient (Wildman–Crippen LogP) is 2.93. The molecule has 1 atom stereocenters. The summed E-state index contributed by atoms with van der Waals surface area (Å²) in [5.41, 5.74) is 4.11. The average molecular weight is 472 g/mol. The number of rotatable bonds is 5. The van der Waals surface area contributed by atoms with Gasteiger partial charge in [-0.15, -0.1) is 10.2 Å². The maximum Gasteiger partial charge on any atom is 0.228 e. The van der Waals surface area contributed by atoms with E-state index in [2.05, 4.69) is 32.3 Å². The first kappa shape index (κ1) is 22.8. The lowest BCUT2D eigenvalue weighted by molar-refractivity contribution is -0.136. The van der Waals surface area contributed by atoms with Gasteiger partial charge in [-0.25, -0.2) is 0 Å². The van der Waals surface area contributed by atoms with Gasteiger partial charge in [-0.2, -0.15) is 0 Å². The molecule has 0 saturated carbocycles. The van der Waals surface area contributed by atoms with Gasteiger partial charge in [-0.05, 0) is 61.4 Å². The van der Waals surface area contributed by atoms with Crippen molar-refractivity contribution < 1.29 is 9.59 Å². The van der Waals surface area contributed by atoms with Gasteiger partial charge in [0.15, 0.2) is 11.6 Å². The molecule has 9 nitrogen and oxygen atoms in total. The summed E-state index contributed by atoms with van der Waals surface area (Å²) in [5, 5.41) is 11.8. The number of carbonyl (C=O) groups is 2. The number of aryl methyl sites for hydroxylation is 2. The number of benzene rings is 1. The highest BCUT2D eigenvalue weighted by Crippen LogP contribution is 2.28. The summed E-state index contributed by atoms with van der Waals surface area (Å²) in [6, 6.07) is 13.6. The van der Waals surface area contributed by atoms with Crippen molar-refractivity contribution in [2.24, 2.45) is 5.92 Å². The predicted molar refractivity (Wildman–Crippen MR) is 135 cm³/mol. The largest absolute Gasteiger partial charge is 0.352 e. The first-order chi connectivity index (χ1) is 17.0. The van der Waals surface area contributed by atoms with Crippen molar-refractivity contribution in [1.82, 2.24) is 20.1 Å². The first-order valence-electron chi connectivity index (χ1n) is 11.9. The van der Waals surface area contributed by atoms with Crippen LogP contribution in [-0.4, -0.2) is 64.6 Å². The van der Waals surface area contributed by atoms with Gasteiger partial charge in [-0.3, -0.25) is 14.6 Å². The Bertz CT molecular complexity index is 1210. The summed E-state index contributed by atoms with van der Waals surface area (Å²) >= 11 is 0. The number of nitrogens with one attached hydrogen (secondary N) is 1. The fraction of sp³-hybridized carbons (Fsp3) is 0.346. The van der Waals surface area contributed by atoms with Crippen molar-refractivity contribution in [3.63, 3.8) is 0 Å². The van der Waals surface area contributed by atoms with Gasteiger partial charge in [0.05, 0.1) is 5.92 Å². The molecule has 2 saturated heterocycles. The highest BCUT2D eigenvalue weighted by molar-refractivity contribution is 6.00. The van der Waals surface area contributed by atoms with Gasteiger partial charge < -0.3 is 20.0 Å². The van der Waals surface area contributed by atoms with Crippen molar-refractivity contribution in [2.45, 2.75) is 20.3 Å². The number of hydrogen-bond acceptors (Lipinski definition) is 7. The Morgan fingerprint density at radius 1 is 0.943 bits per heavy atom. The van der Waals surface area contributed by atoms with Crippen molar-refractivity contribution in [1.29, 1.82) is 0 Å². The number of amides is 2. The van der Waals surface area contributed by atoms with E-state index < -0.39 is 0 Å². The number of anilines is 4. The highest BCUT2D eigenvalue weighted by Gasteiger charge is 2.38. The van der Waals surface area contributed by atoms with E-state index in [1.54, 1.807) is 17.3 Å². The first-order valence-corrected chi connectivity index (χ1v) is 11.9. The quantitative estimate of drug-likeness (QED) is 0.611. The Balaban J connectivity index is 1.15. The summed E-state index contributed by atoms with van der Waals surface area (Å²) < 4.78 is 0. The molecule has 0 aliphatic carbocycles. The van der Waals surface area contributed by atoms with Crippen LogP contribution in [0.2, 0.25) is 0 Å². The van der Waals surface area contributed by atoms with Crippen LogP contribution in [0.3, 0.4) is 0 Å². The molecule has 1 unspecified atom stereocenters. The van der Waals surface area contributed by atoms with Gasteiger partial charge in [0.2, 0.25) is 11.8 Å². The van der Waals surface area contributed by atoms with Crippen molar-refractivity contribution in [3.05, 3.63) is 66.0 Å². The minimum absolute atomic E-state index is 0.0148. The Labute approximate surface area is 204 Å². The van der Waals surface area contributed by atoms with Crippen LogP contribution < -0.4 is 15.1 Å². The standard InChI is InChI=1S/C26H29N7O2/c1-18-3-4-22(15-19(18)2)33-17-20(16-25(33)34)26(35)32-13-11-31(12-14-32)24-6-5-23(29-30-24)28-21-7-9-27-10-8-21/h3-10,15,20H,11-14,16-17H2,1-2H3,(H,27,28,29). The van der Waals surface area contributed by atoms with E-state index in [9.17, 15) is 9.59 Å². The van der Waals surface area contributed by atoms with E-state index >= 15 is 0 Å². The molecule has 4 heterocycles. The third kappa shape index (κ3) is 4.94. The summed E-state index contributed by atoms with van der Waals surface area (Å²) in [5.74, 6) is 1.23. The van der Waals surface area contributed by atoms with Gasteiger partial charge in [0.25, 0.3) is 0 Å². The maximum absolute atomic E-state index is 13.2. The van der Waals surface area contributed by atoms with Gasteiger partial charge in [0.1, 0.15) is 0 Å². The fourth-order valence-electron chi connectivity index (χ4n) is 4.57. The Hall–Kier alpha value is -4.01. The van der Waals surface area contributed by atoms with E-state index in [1.165, 1.54) is 5.56 Å². The van der Waals surface area contributed by atoms with E-state index in [0.29, 0.717) is 38.5 Å². The third-order valence-corrected chi connectivity index (χ3v) is 6.79. The van der Waals surface area contributed by atoms with Crippen molar-refractivity contribution >= 4 is 34.8 Å². The lowest BCUT2D eigenvalue weighted by atomic mass is 10.1. The van der Waals surface area contributed by atoms with Crippen LogP contribution in [0, 0.1) is 19.8 Å². The summed E-state index contributed by atoms with van der Waals surface area (Å²) in [4.78, 5) is 35.6. The molecule has 0 radical (unpaired) electrons. The molecular formula is C26H29N7O2. The monoisotopic (exact) mass is 471 g/mol. The molecule has 180 valence electrons. The van der Waals surface area contributed by atoms with E-state index in [0.717, 1.165) is 22.8 Å². The second-order valence-electron chi connectivity index (χ2n) is 9.12. The second-order valence-corrected chi connectivity index (χ2v) is 9.12. The van der Waals surface area contributed by atoms with Crippen LogP contribution in [0.25, 0.3) is 0 Å². The normalized spacial score (nSPS) is 18.2. The molecule has 2 aliphatic heterocycles. The zero-order valence-corrected chi connectivity index (χ0v) is 20.0. The molecule has 35 heavy (non-hydrogen) atoms. The molecule has 2 aliphatic rings. The second kappa shape index (κ2) is 9.69. The Morgan fingerprint density at radius 3 is 2.40 bits per heavy atom. The van der Waals surface area contributed by atoms with Gasteiger partial charge in [-0.1, -0.05) is 6.07 Å². The number of piperazine rings is 1. The molecule has 9 heteroatoms. The molecule has 2 fully saturated rings. The van der Waals surface area contributed by atoms with Crippen molar-refractivity contribution in [3.8, 4) is 0 Å². The molecule has 3 aromatic rings. The molecule has 1 N–H and O–H groups in total. The van der Waals surface area contributed by atoms with E-state index in [1.807, 2.05) is 54.3 Å². The SMILES string of the molecule is Cc1ccc(N2CC(C(=O)N3CCN(c4ccc(Nc5ccncc5)nn4)CC3)CC2=O)cc1C. The molecule has 0 spiro atoms. The Morgan fingerprint density at radius 2 is 1.71 bits per heavy atom.